The van der Waals surface area contributed by atoms with Gasteiger partial charge in [-0.05, 0) is 43.0 Å². The van der Waals surface area contributed by atoms with E-state index in [1.165, 1.54) is 16.9 Å². The minimum absolute atomic E-state index is 0.171. The molecule has 4 nitrogen and oxygen atoms in total. The fourth-order valence-electron chi connectivity index (χ4n) is 2.58. The molecular formula is C11H13N3OS2. The number of hydrogen-bond donors (Lipinski definition) is 2. The molecule has 17 heavy (non-hydrogen) atoms. The first-order chi connectivity index (χ1) is 8.09. The molecule has 6 heteroatoms. The average Bonchev–Trinajstić information content (AvgIpc) is 2.65. The second kappa shape index (κ2) is 3.68. The first-order valence-corrected chi connectivity index (χ1v) is 6.87. The lowest BCUT2D eigenvalue weighted by Crippen LogP contribution is -2.29. The normalized spacial score (nSPS) is 19.5. The molecule has 3 rings (SSSR count). The van der Waals surface area contributed by atoms with E-state index in [2.05, 4.69) is 11.9 Å². The lowest BCUT2D eigenvalue weighted by Gasteiger charge is -2.18. The first-order valence-electron chi connectivity index (χ1n) is 5.65. The van der Waals surface area contributed by atoms with Crippen molar-refractivity contribution < 1.29 is 0 Å². The zero-order valence-electron chi connectivity index (χ0n) is 9.45. The van der Waals surface area contributed by atoms with Crippen LogP contribution < -0.4 is 11.4 Å². The summed E-state index contributed by atoms with van der Waals surface area (Å²) < 4.78 is 1.32. The molecule has 0 fully saturated rings. The maximum atomic E-state index is 12.2. The number of nitrogens with two attached hydrogens (primary N) is 1. The summed E-state index contributed by atoms with van der Waals surface area (Å²) >= 11 is 6.68. The molecule has 0 unspecified atom stereocenters. The molecular weight excluding hydrogens is 254 g/mol. The Hall–Kier alpha value is -1.14. The summed E-state index contributed by atoms with van der Waals surface area (Å²) in [5.41, 5.74) is 1.02. The number of thiophene rings is 1. The minimum Gasteiger partial charge on any atom is -0.334 e. The Labute approximate surface area is 107 Å². The van der Waals surface area contributed by atoms with Crippen molar-refractivity contribution >= 4 is 33.8 Å². The summed E-state index contributed by atoms with van der Waals surface area (Å²) in [4.78, 5) is 17.4. The summed E-state index contributed by atoms with van der Waals surface area (Å²) in [6, 6.07) is 0. The van der Waals surface area contributed by atoms with Gasteiger partial charge in [0.15, 0.2) is 4.77 Å². The van der Waals surface area contributed by atoms with E-state index < -0.39 is 0 Å². The van der Waals surface area contributed by atoms with Crippen molar-refractivity contribution in [2.45, 2.75) is 32.1 Å². The van der Waals surface area contributed by atoms with Crippen LogP contribution in [0.1, 0.15) is 36.1 Å². The number of fused-ring (bicyclic) bond motifs is 3. The summed E-state index contributed by atoms with van der Waals surface area (Å²) in [6.07, 6.45) is 3.39. The highest BCUT2D eigenvalue weighted by Gasteiger charge is 2.24. The van der Waals surface area contributed by atoms with E-state index in [1.54, 1.807) is 11.3 Å². The average molecular weight is 267 g/mol. The van der Waals surface area contributed by atoms with Gasteiger partial charge in [-0.15, -0.1) is 11.3 Å². The van der Waals surface area contributed by atoms with E-state index in [1.807, 2.05) is 0 Å². The Morgan fingerprint density at radius 3 is 3.12 bits per heavy atom. The summed E-state index contributed by atoms with van der Waals surface area (Å²) in [5.74, 6) is 6.09. The molecule has 0 spiro atoms. The third-order valence-corrected chi connectivity index (χ3v) is 4.91. The van der Waals surface area contributed by atoms with Gasteiger partial charge in [0.05, 0.1) is 5.39 Å². The fraction of sp³-hybridized carbons (Fsp3) is 0.455. The molecule has 1 aliphatic carbocycles. The van der Waals surface area contributed by atoms with Gasteiger partial charge in [-0.2, -0.15) is 4.68 Å². The number of nitrogens with zero attached hydrogens (tertiary/aromatic N) is 1. The van der Waals surface area contributed by atoms with Gasteiger partial charge in [0.1, 0.15) is 4.83 Å². The maximum absolute atomic E-state index is 12.2. The molecule has 1 aliphatic rings. The molecule has 0 aliphatic heterocycles. The number of aromatic nitrogens is 2. The quantitative estimate of drug-likeness (QED) is 0.568. The van der Waals surface area contributed by atoms with Crippen LogP contribution in [0.25, 0.3) is 10.2 Å². The van der Waals surface area contributed by atoms with Crippen LogP contribution in [0.3, 0.4) is 0 Å². The fourth-order valence-corrected chi connectivity index (χ4v) is 4.18. The highest BCUT2D eigenvalue weighted by molar-refractivity contribution is 7.71. The molecule has 0 amide bonds. The van der Waals surface area contributed by atoms with Gasteiger partial charge in [-0.1, -0.05) is 6.92 Å². The van der Waals surface area contributed by atoms with Crippen LogP contribution in [0.5, 0.6) is 0 Å². The van der Waals surface area contributed by atoms with E-state index in [-0.39, 0.29) is 10.3 Å². The largest absolute Gasteiger partial charge is 0.334 e. The number of rotatable bonds is 0. The predicted molar refractivity (Wildman–Crippen MR) is 72.8 cm³/mol. The molecule has 3 N–H and O–H groups in total. The third kappa shape index (κ3) is 1.47. The molecule has 0 aromatic carbocycles. The van der Waals surface area contributed by atoms with Gasteiger partial charge in [-0.3, -0.25) is 4.79 Å². The van der Waals surface area contributed by atoms with Crippen molar-refractivity contribution in [3.05, 3.63) is 25.6 Å². The van der Waals surface area contributed by atoms with Crippen LogP contribution in [-0.2, 0) is 6.42 Å². The van der Waals surface area contributed by atoms with Crippen LogP contribution in [0, 0.1) is 4.77 Å². The lowest BCUT2D eigenvalue weighted by atomic mass is 9.88. The van der Waals surface area contributed by atoms with Crippen LogP contribution in [0.15, 0.2) is 4.79 Å². The Balaban J connectivity index is 2.50. The SMILES string of the molecule is C[C@@H]1CCCc2sc3[nH]c(=S)n(N)c(=O)c3c21. The van der Waals surface area contributed by atoms with Crippen molar-refractivity contribution in [1.82, 2.24) is 9.66 Å². The molecule has 0 saturated heterocycles. The second-order valence-corrected chi connectivity index (χ2v) is 6.03. The Morgan fingerprint density at radius 1 is 1.59 bits per heavy atom. The molecule has 2 aromatic heterocycles. The molecule has 0 saturated carbocycles. The van der Waals surface area contributed by atoms with Crippen molar-refractivity contribution in [2.24, 2.45) is 0 Å². The molecule has 90 valence electrons. The van der Waals surface area contributed by atoms with Crippen LogP contribution in [0.4, 0.5) is 0 Å². The Morgan fingerprint density at radius 2 is 2.35 bits per heavy atom. The Kier molecular flexibility index (Phi) is 2.38. The molecule has 2 aromatic rings. The molecule has 0 bridgehead atoms. The zero-order valence-corrected chi connectivity index (χ0v) is 11.1. The standard InChI is InChI=1S/C11H13N3OS2/c1-5-3-2-4-6-7(5)8-9(17-6)13-11(16)14(12)10(8)15/h5H,2-4,12H2,1H3,(H,13,16)/t5-/m1/s1. The van der Waals surface area contributed by atoms with Gasteiger partial charge in [0.25, 0.3) is 5.56 Å². The van der Waals surface area contributed by atoms with Crippen molar-refractivity contribution in [3.8, 4) is 0 Å². The van der Waals surface area contributed by atoms with Gasteiger partial charge >= 0.3 is 0 Å². The summed E-state index contributed by atoms with van der Waals surface area (Å²) in [7, 11) is 0. The predicted octanol–water partition coefficient (Wildman–Crippen LogP) is 2.27. The number of nitrogen functional groups attached to an aromatic ring is 1. The number of nitrogens with one attached hydrogen (secondary N) is 1. The highest BCUT2D eigenvalue weighted by Crippen LogP contribution is 2.39. The topological polar surface area (TPSA) is 63.8 Å². The van der Waals surface area contributed by atoms with Crippen LogP contribution in [-0.4, -0.2) is 9.66 Å². The monoisotopic (exact) mass is 267 g/mol. The van der Waals surface area contributed by atoms with E-state index in [9.17, 15) is 4.79 Å². The minimum atomic E-state index is -0.171. The smallest absolute Gasteiger partial charge is 0.281 e. The first kappa shape index (κ1) is 11.0. The third-order valence-electron chi connectivity index (χ3n) is 3.43. The van der Waals surface area contributed by atoms with Gasteiger partial charge in [0, 0.05) is 4.88 Å². The summed E-state index contributed by atoms with van der Waals surface area (Å²) in [5, 5.41) is 0.744. The number of aromatic amines is 1. The number of H-pyrrole nitrogens is 1. The molecule has 1 atom stereocenters. The van der Waals surface area contributed by atoms with E-state index in [0.717, 1.165) is 27.7 Å². The number of hydrogen-bond acceptors (Lipinski definition) is 4. The van der Waals surface area contributed by atoms with Crippen LogP contribution in [0.2, 0.25) is 0 Å². The van der Waals surface area contributed by atoms with Gasteiger partial charge in [0.2, 0.25) is 0 Å². The van der Waals surface area contributed by atoms with Crippen molar-refractivity contribution in [1.29, 1.82) is 0 Å². The maximum Gasteiger partial charge on any atom is 0.281 e. The van der Waals surface area contributed by atoms with E-state index in [4.69, 9.17) is 18.1 Å². The molecule has 0 radical (unpaired) electrons. The Bertz CT molecular complexity index is 710. The lowest BCUT2D eigenvalue weighted by molar-refractivity contribution is 0.601. The molecule has 2 heterocycles. The van der Waals surface area contributed by atoms with Crippen molar-refractivity contribution in [2.75, 3.05) is 5.84 Å². The van der Waals surface area contributed by atoms with Gasteiger partial charge < -0.3 is 10.8 Å². The van der Waals surface area contributed by atoms with E-state index in [0.29, 0.717) is 5.92 Å². The summed E-state index contributed by atoms with van der Waals surface area (Å²) in [6.45, 7) is 2.17. The van der Waals surface area contributed by atoms with Crippen molar-refractivity contribution in [3.63, 3.8) is 0 Å². The highest BCUT2D eigenvalue weighted by atomic mass is 32.1. The van der Waals surface area contributed by atoms with Crippen LogP contribution >= 0.6 is 23.6 Å². The van der Waals surface area contributed by atoms with Gasteiger partial charge in [-0.25, -0.2) is 0 Å². The zero-order chi connectivity index (χ0) is 12.2. The van der Waals surface area contributed by atoms with E-state index >= 15 is 0 Å². The second-order valence-electron chi connectivity index (χ2n) is 4.54. The number of aryl methyl sites for hydroxylation is 1.